The van der Waals surface area contributed by atoms with Gasteiger partial charge < -0.3 is 15.7 Å². The lowest BCUT2D eigenvalue weighted by molar-refractivity contribution is -0.384. The zero-order valence-electron chi connectivity index (χ0n) is 12.5. The number of anilines is 1. The van der Waals surface area contributed by atoms with Crippen LogP contribution in [0.1, 0.15) is 17.2 Å². The molecule has 7 nitrogen and oxygen atoms in total. The Morgan fingerprint density at radius 1 is 1.26 bits per heavy atom. The Morgan fingerprint density at radius 3 is 2.52 bits per heavy atom. The molecule has 23 heavy (non-hydrogen) atoms. The lowest BCUT2D eigenvalue weighted by Crippen LogP contribution is -2.34. The van der Waals surface area contributed by atoms with Crippen LogP contribution >= 0.6 is 0 Å². The Hall–Kier alpha value is -2.93. The number of nitrogens with one attached hydrogen (secondary N) is 2. The highest BCUT2D eigenvalue weighted by Gasteiger charge is 2.15. The number of nitro groups is 1. The van der Waals surface area contributed by atoms with Crippen LogP contribution in [0.4, 0.5) is 16.2 Å². The van der Waals surface area contributed by atoms with Crippen LogP contribution in [-0.4, -0.2) is 22.7 Å². The fourth-order valence-corrected chi connectivity index (χ4v) is 2.14. The summed E-state index contributed by atoms with van der Waals surface area (Å²) < 4.78 is 0. The molecule has 2 amide bonds. The summed E-state index contributed by atoms with van der Waals surface area (Å²) in [7, 11) is 0. The second kappa shape index (κ2) is 7.37. The van der Waals surface area contributed by atoms with E-state index in [9.17, 15) is 20.0 Å². The van der Waals surface area contributed by atoms with E-state index in [1.54, 1.807) is 19.1 Å². The summed E-state index contributed by atoms with van der Waals surface area (Å²) in [5, 5.41) is 25.4. The molecule has 0 heterocycles. The minimum atomic E-state index is -0.533. The normalized spacial score (nSPS) is 11.6. The van der Waals surface area contributed by atoms with E-state index in [0.717, 1.165) is 5.56 Å². The maximum Gasteiger partial charge on any atom is 0.319 e. The number of rotatable bonds is 5. The molecule has 3 N–H and O–H groups in total. The van der Waals surface area contributed by atoms with Crippen LogP contribution in [0, 0.1) is 17.0 Å². The van der Waals surface area contributed by atoms with Crippen LogP contribution in [0.15, 0.2) is 48.5 Å². The molecule has 0 saturated heterocycles. The molecule has 0 aliphatic heterocycles. The monoisotopic (exact) mass is 315 g/mol. The summed E-state index contributed by atoms with van der Waals surface area (Å²) in [5.74, 6) is 0. The van der Waals surface area contributed by atoms with Gasteiger partial charge in [0.15, 0.2) is 0 Å². The predicted octanol–water partition coefficient (Wildman–Crippen LogP) is 2.76. The molecule has 7 heteroatoms. The first-order valence-corrected chi connectivity index (χ1v) is 6.99. The van der Waals surface area contributed by atoms with Gasteiger partial charge in [-0.3, -0.25) is 10.1 Å². The fourth-order valence-electron chi connectivity index (χ4n) is 2.14. The molecular weight excluding hydrogens is 298 g/mol. The van der Waals surface area contributed by atoms with Gasteiger partial charge in [0.25, 0.3) is 5.69 Å². The van der Waals surface area contributed by atoms with Crippen molar-refractivity contribution in [2.24, 2.45) is 0 Å². The molecule has 0 aliphatic rings. The maximum atomic E-state index is 12.1. The first kappa shape index (κ1) is 16.4. The Morgan fingerprint density at radius 2 is 1.96 bits per heavy atom. The van der Waals surface area contributed by atoms with Gasteiger partial charge >= 0.3 is 6.03 Å². The predicted molar refractivity (Wildman–Crippen MR) is 86.3 cm³/mol. The number of benzene rings is 2. The van der Waals surface area contributed by atoms with Crippen LogP contribution in [-0.2, 0) is 0 Å². The van der Waals surface area contributed by atoms with Gasteiger partial charge in [-0.05, 0) is 24.1 Å². The Labute approximate surface area is 133 Å². The van der Waals surface area contributed by atoms with Crippen molar-refractivity contribution < 1.29 is 14.8 Å². The molecule has 0 saturated carbocycles. The number of amides is 2. The largest absolute Gasteiger partial charge is 0.394 e. The van der Waals surface area contributed by atoms with Crippen molar-refractivity contribution in [2.45, 2.75) is 13.0 Å². The average molecular weight is 315 g/mol. The number of carbonyl (C=O) groups is 1. The molecule has 0 aliphatic carbocycles. The minimum Gasteiger partial charge on any atom is -0.394 e. The van der Waals surface area contributed by atoms with Gasteiger partial charge in [0.05, 0.1) is 17.6 Å². The number of aryl methyl sites for hydroxylation is 1. The standard InChI is InChI=1S/C16H17N3O4/c1-11-9-13(19(22)23)7-8-14(11)17-16(21)18-15(10-20)12-5-3-2-4-6-12/h2-9,15,20H,10H2,1H3,(H2,17,18,21)/t15-/m1/s1. The molecule has 0 bridgehead atoms. The van der Waals surface area contributed by atoms with Crippen LogP contribution in [0.2, 0.25) is 0 Å². The molecule has 0 unspecified atom stereocenters. The third kappa shape index (κ3) is 4.27. The van der Waals surface area contributed by atoms with Gasteiger partial charge in [0.1, 0.15) is 0 Å². The number of nitrogens with zero attached hydrogens (tertiary/aromatic N) is 1. The zero-order chi connectivity index (χ0) is 16.8. The molecule has 0 radical (unpaired) electrons. The van der Waals surface area contributed by atoms with Crippen LogP contribution in [0.25, 0.3) is 0 Å². The van der Waals surface area contributed by atoms with E-state index < -0.39 is 17.0 Å². The topological polar surface area (TPSA) is 105 Å². The molecule has 2 rings (SSSR count). The number of nitro benzene ring substituents is 1. The van der Waals surface area contributed by atoms with Crippen molar-refractivity contribution in [2.75, 3.05) is 11.9 Å². The van der Waals surface area contributed by atoms with E-state index >= 15 is 0 Å². The highest BCUT2D eigenvalue weighted by molar-refractivity contribution is 5.90. The molecule has 0 aromatic heterocycles. The van der Waals surface area contributed by atoms with Crippen LogP contribution in [0.5, 0.6) is 0 Å². The van der Waals surface area contributed by atoms with Gasteiger partial charge in [-0.1, -0.05) is 30.3 Å². The quantitative estimate of drug-likeness (QED) is 0.583. The molecule has 120 valence electrons. The second-order valence-electron chi connectivity index (χ2n) is 5.00. The van der Waals surface area contributed by atoms with Crippen molar-refractivity contribution in [3.63, 3.8) is 0 Å². The fraction of sp³-hybridized carbons (Fsp3) is 0.188. The van der Waals surface area contributed by atoms with Gasteiger partial charge in [0, 0.05) is 17.8 Å². The third-order valence-corrected chi connectivity index (χ3v) is 3.36. The SMILES string of the molecule is Cc1cc([N+](=O)[O-])ccc1NC(=O)N[C@H](CO)c1ccccc1. The number of hydrogen-bond donors (Lipinski definition) is 3. The number of aliphatic hydroxyl groups excluding tert-OH is 1. The van der Waals surface area contributed by atoms with Gasteiger partial charge in [-0.25, -0.2) is 4.79 Å². The minimum absolute atomic E-state index is 0.0361. The molecule has 2 aromatic carbocycles. The maximum absolute atomic E-state index is 12.1. The summed E-state index contributed by atoms with van der Waals surface area (Å²) >= 11 is 0. The summed E-state index contributed by atoms with van der Waals surface area (Å²) in [6.07, 6.45) is 0. The van der Waals surface area contributed by atoms with Crippen molar-refractivity contribution >= 4 is 17.4 Å². The molecule has 1 atom stereocenters. The number of hydrogen-bond acceptors (Lipinski definition) is 4. The number of urea groups is 1. The molecule has 2 aromatic rings. The van der Waals surface area contributed by atoms with Crippen molar-refractivity contribution in [1.29, 1.82) is 0 Å². The number of carbonyl (C=O) groups excluding carboxylic acids is 1. The third-order valence-electron chi connectivity index (χ3n) is 3.36. The van der Waals surface area contributed by atoms with Crippen molar-refractivity contribution in [3.8, 4) is 0 Å². The Bertz CT molecular complexity index is 704. The Kier molecular flexibility index (Phi) is 5.27. The first-order chi connectivity index (χ1) is 11.0. The van der Waals surface area contributed by atoms with Gasteiger partial charge in [-0.15, -0.1) is 0 Å². The highest BCUT2D eigenvalue weighted by Crippen LogP contribution is 2.21. The average Bonchev–Trinajstić information content (AvgIpc) is 2.55. The van der Waals surface area contributed by atoms with Crippen molar-refractivity contribution in [1.82, 2.24) is 5.32 Å². The smallest absolute Gasteiger partial charge is 0.319 e. The van der Waals surface area contributed by atoms with E-state index in [4.69, 9.17) is 0 Å². The molecule has 0 fully saturated rings. The van der Waals surface area contributed by atoms with E-state index in [1.165, 1.54) is 18.2 Å². The van der Waals surface area contributed by atoms with E-state index in [1.807, 2.05) is 18.2 Å². The summed E-state index contributed by atoms with van der Waals surface area (Å²) in [6, 6.07) is 12.2. The molecular formula is C16H17N3O4. The van der Waals surface area contributed by atoms with E-state index in [-0.39, 0.29) is 12.3 Å². The van der Waals surface area contributed by atoms with Crippen molar-refractivity contribution in [3.05, 3.63) is 69.8 Å². The molecule has 0 spiro atoms. The number of aliphatic hydroxyl groups is 1. The second-order valence-corrected chi connectivity index (χ2v) is 5.00. The lowest BCUT2D eigenvalue weighted by atomic mass is 10.1. The van der Waals surface area contributed by atoms with Crippen LogP contribution in [0.3, 0.4) is 0 Å². The first-order valence-electron chi connectivity index (χ1n) is 6.99. The zero-order valence-corrected chi connectivity index (χ0v) is 12.5. The van der Waals surface area contributed by atoms with Gasteiger partial charge in [0.2, 0.25) is 0 Å². The van der Waals surface area contributed by atoms with E-state index in [0.29, 0.717) is 11.3 Å². The summed E-state index contributed by atoms with van der Waals surface area (Å²) in [4.78, 5) is 22.3. The van der Waals surface area contributed by atoms with Crippen LogP contribution < -0.4 is 10.6 Å². The van der Waals surface area contributed by atoms with E-state index in [2.05, 4.69) is 10.6 Å². The number of non-ortho nitro benzene ring substituents is 1. The van der Waals surface area contributed by atoms with Gasteiger partial charge in [-0.2, -0.15) is 0 Å². The summed E-state index contributed by atoms with van der Waals surface area (Å²) in [6.45, 7) is 1.43. The summed E-state index contributed by atoms with van der Waals surface area (Å²) in [5.41, 5.74) is 1.80. The highest BCUT2D eigenvalue weighted by atomic mass is 16.6. The Balaban J connectivity index is 2.06. The lowest BCUT2D eigenvalue weighted by Gasteiger charge is -2.17.